The van der Waals surface area contributed by atoms with Crippen LogP contribution in [0.25, 0.3) is 0 Å². The number of piperidine rings is 1. The van der Waals surface area contributed by atoms with Crippen LogP contribution >= 0.6 is 0 Å². The van der Waals surface area contributed by atoms with Crippen LogP contribution in [0.2, 0.25) is 0 Å². The van der Waals surface area contributed by atoms with E-state index in [0.717, 1.165) is 12.0 Å². The van der Waals surface area contributed by atoms with Gasteiger partial charge in [0, 0.05) is 23.6 Å². The van der Waals surface area contributed by atoms with E-state index < -0.39 is 0 Å². The maximum atomic E-state index is 13.7. The number of likely N-dealkylation sites (tertiary alicyclic amines) is 1. The fourth-order valence-corrected chi connectivity index (χ4v) is 5.76. The van der Waals surface area contributed by atoms with Crippen molar-refractivity contribution in [3.63, 3.8) is 0 Å². The zero-order chi connectivity index (χ0) is 22.8. The molecule has 1 fully saturated rings. The van der Waals surface area contributed by atoms with Crippen LogP contribution in [0.4, 0.5) is 5.69 Å². The number of hydrogen-bond acceptors (Lipinski definition) is 4. The van der Waals surface area contributed by atoms with Gasteiger partial charge in [0.15, 0.2) is 0 Å². The number of carbonyl (C=O) groups excluding carboxylic acids is 3. The summed E-state index contributed by atoms with van der Waals surface area (Å²) in [6.07, 6.45) is 1.36. The maximum absolute atomic E-state index is 13.7. The summed E-state index contributed by atoms with van der Waals surface area (Å²) in [5.74, 6) is -0.518. The molecule has 166 valence electrons. The monoisotopic (exact) mass is 433 g/mol. The summed E-state index contributed by atoms with van der Waals surface area (Å²) in [6.45, 7) is 7.14. The molecule has 1 aliphatic carbocycles. The van der Waals surface area contributed by atoms with Crippen molar-refractivity contribution < 1.29 is 19.5 Å². The molecule has 3 aliphatic rings. The molecule has 1 saturated heterocycles. The summed E-state index contributed by atoms with van der Waals surface area (Å²) >= 11 is 0. The fourth-order valence-electron chi connectivity index (χ4n) is 5.76. The van der Waals surface area contributed by atoms with Gasteiger partial charge in [0.2, 0.25) is 5.91 Å². The van der Waals surface area contributed by atoms with Crippen molar-refractivity contribution >= 4 is 23.4 Å². The number of carbonyl (C=O) groups is 3. The lowest BCUT2D eigenvalue weighted by Gasteiger charge is -2.60. The number of amides is 3. The Kier molecular flexibility index (Phi) is 4.38. The standard InChI is InChI=1S/C25H27N3O4/c1-24(2)20-12-16-17(5-4-6-19(16)29)25(24,3)9-10-28(20)23(32)14-7-8-15-18(11-14)27-21(30)13-26-22(15)31/h4-8,11,20,29H,9-10,12-13H2,1-3H3,(H,26,31)(H,27,30)/t20-,25+/m1/s1. The largest absolute Gasteiger partial charge is 0.508 e. The minimum atomic E-state index is -0.341. The summed E-state index contributed by atoms with van der Waals surface area (Å²) in [5, 5.41) is 15.8. The van der Waals surface area contributed by atoms with E-state index in [0.29, 0.717) is 29.8 Å². The van der Waals surface area contributed by atoms with E-state index in [1.54, 1.807) is 24.3 Å². The molecule has 2 bridgehead atoms. The van der Waals surface area contributed by atoms with Crippen molar-refractivity contribution in [1.82, 2.24) is 10.2 Å². The first-order chi connectivity index (χ1) is 15.1. The molecule has 2 aliphatic heterocycles. The Balaban J connectivity index is 1.53. The summed E-state index contributed by atoms with van der Waals surface area (Å²) in [7, 11) is 0. The molecule has 7 heteroatoms. The first-order valence-corrected chi connectivity index (χ1v) is 11.0. The Morgan fingerprint density at radius 3 is 2.72 bits per heavy atom. The number of rotatable bonds is 1. The van der Waals surface area contributed by atoms with Crippen LogP contribution in [0, 0.1) is 5.41 Å². The fraction of sp³-hybridized carbons (Fsp3) is 0.400. The molecule has 0 saturated carbocycles. The second-order valence-corrected chi connectivity index (χ2v) is 9.82. The lowest BCUT2D eigenvalue weighted by molar-refractivity contribution is -0.115. The second kappa shape index (κ2) is 6.82. The van der Waals surface area contributed by atoms with Gasteiger partial charge < -0.3 is 20.6 Å². The van der Waals surface area contributed by atoms with Crippen molar-refractivity contribution in [2.75, 3.05) is 18.4 Å². The number of benzene rings is 2. The molecule has 3 amide bonds. The van der Waals surface area contributed by atoms with Gasteiger partial charge in [-0.1, -0.05) is 32.9 Å². The molecule has 0 radical (unpaired) electrons. The molecule has 2 heterocycles. The van der Waals surface area contributed by atoms with Crippen LogP contribution in [0.3, 0.4) is 0 Å². The molecule has 2 aromatic carbocycles. The molecular weight excluding hydrogens is 406 g/mol. The van der Waals surface area contributed by atoms with Gasteiger partial charge in [0.25, 0.3) is 11.8 Å². The number of aromatic hydroxyl groups is 1. The third-order valence-corrected chi connectivity index (χ3v) is 8.08. The lowest BCUT2D eigenvalue weighted by atomic mass is 9.51. The molecular formula is C25H27N3O4. The maximum Gasteiger partial charge on any atom is 0.254 e. The van der Waals surface area contributed by atoms with Crippen LogP contribution in [-0.2, 0) is 16.6 Å². The minimum Gasteiger partial charge on any atom is -0.508 e. The van der Waals surface area contributed by atoms with Crippen molar-refractivity contribution in [2.45, 2.75) is 45.1 Å². The Labute approximate surface area is 186 Å². The molecule has 32 heavy (non-hydrogen) atoms. The van der Waals surface area contributed by atoms with Crippen LogP contribution in [0.5, 0.6) is 5.75 Å². The number of phenols is 1. The molecule has 2 atom stereocenters. The third kappa shape index (κ3) is 2.76. The number of hydrogen-bond donors (Lipinski definition) is 3. The topological polar surface area (TPSA) is 98.7 Å². The van der Waals surface area contributed by atoms with Gasteiger partial charge in [0.1, 0.15) is 5.75 Å². The van der Waals surface area contributed by atoms with Gasteiger partial charge in [-0.2, -0.15) is 0 Å². The van der Waals surface area contributed by atoms with E-state index in [4.69, 9.17) is 0 Å². The number of phenolic OH excluding ortho intramolecular Hbond substituents is 1. The minimum absolute atomic E-state index is 0.0914. The van der Waals surface area contributed by atoms with Crippen molar-refractivity contribution in [1.29, 1.82) is 0 Å². The SMILES string of the molecule is CC1(C)[C@H]2Cc3c(O)cccc3[C@]1(C)CCN2C(=O)c1ccc2c(c1)NC(=O)CNC2=O. The lowest BCUT2D eigenvalue weighted by Crippen LogP contribution is -2.64. The predicted octanol–water partition coefficient (Wildman–Crippen LogP) is 2.83. The van der Waals surface area contributed by atoms with E-state index in [-0.39, 0.29) is 46.9 Å². The number of anilines is 1. The Bertz CT molecular complexity index is 1170. The van der Waals surface area contributed by atoms with E-state index in [9.17, 15) is 19.5 Å². The van der Waals surface area contributed by atoms with Crippen molar-refractivity contribution in [3.8, 4) is 5.75 Å². The Hall–Kier alpha value is -3.35. The smallest absolute Gasteiger partial charge is 0.254 e. The van der Waals surface area contributed by atoms with Gasteiger partial charge in [-0.3, -0.25) is 14.4 Å². The van der Waals surface area contributed by atoms with Crippen molar-refractivity contribution in [3.05, 3.63) is 58.7 Å². The predicted molar refractivity (Wildman–Crippen MR) is 120 cm³/mol. The van der Waals surface area contributed by atoms with Gasteiger partial charge in [-0.05, 0) is 53.6 Å². The summed E-state index contributed by atoms with van der Waals surface area (Å²) in [4.78, 5) is 39.7. The molecule has 0 unspecified atom stereocenters. The van der Waals surface area contributed by atoms with Crippen LogP contribution < -0.4 is 10.6 Å². The average molecular weight is 434 g/mol. The summed E-state index contributed by atoms with van der Waals surface area (Å²) in [5.41, 5.74) is 2.84. The first kappa shape index (κ1) is 20.5. The normalized spacial score (nSPS) is 25.7. The highest BCUT2D eigenvalue weighted by molar-refractivity contribution is 6.10. The number of fused-ring (bicyclic) bond motifs is 5. The molecule has 0 aromatic heterocycles. The first-order valence-electron chi connectivity index (χ1n) is 11.0. The zero-order valence-electron chi connectivity index (χ0n) is 18.5. The quantitative estimate of drug-likeness (QED) is 0.644. The number of nitrogens with zero attached hydrogens (tertiary/aromatic N) is 1. The summed E-state index contributed by atoms with van der Waals surface area (Å²) in [6, 6.07) is 10.4. The van der Waals surface area contributed by atoms with E-state index in [1.165, 1.54) is 5.56 Å². The van der Waals surface area contributed by atoms with Crippen LogP contribution in [-0.4, -0.2) is 46.9 Å². The average Bonchev–Trinajstić information content (AvgIpc) is 2.88. The molecule has 3 N–H and O–H groups in total. The molecule has 7 nitrogen and oxygen atoms in total. The Morgan fingerprint density at radius 1 is 1.16 bits per heavy atom. The van der Waals surface area contributed by atoms with Gasteiger partial charge in [-0.25, -0.2) is 0 Å². The highest BCUT2D eigenvalue weighted by Gasteiger charge is 2.57. The highest BCUT2D eigenvalue weighted by atomic mass is 16.3. The molecule has 0 spiro atoms. The Morgan fingerprint density at radius 2 is 1.94 bits per heavy atom. The molecule has 2 aromatic rings. The van der Waals surface area contributed by atoms with E-state index in [1.807, 2.05) is 11.0 Å². The zero-order valence-corrected chi connectivity index (χ0v) is 18.5. The van der Waals surface area contributed by atoms with Crippen molar-refractivity contribution in [2.24, 2.45) is 5.41 Å². The third-order valence-electron chi connectivity index (χ3n) is 8.08. The van der Waals surface area contributed by atoms with Gasteiger partial charge >= 0.3 is 0 Å². The number of nitrogens with one attached hydrogen (secondary N) is 2. The van der Waals surface area contributed by atoms with Crippen LogP contribution in [0.15, 0.2) is 36.4 Å². The second-order valence-electron chi connectivity index (χ2n) is 9.82. The highest BCUT2D eigenvalue weighted by Crippen LogP contribution is 2.57. The van der Waals surface area contributed by atoms with Gasteiger partial charge in [-0.15, -0.1) is 0 Å². The molecule has 5 rings (SSSR count). The summed E-state index contributed by atoms with van der Waals surface area (Å²) < 4.78 is 0. The van der Waals surface area contributed by atoms with Crippen LogP contribution in [0.1, 0.15) is 59.0 Å². The van der Waals surface area contributed by atoms with E-state index in [2.05, 4.69) is 37.5 Å². The van der Waals surface area contributed by atoms with E-state index >= 15 is 0 Å². The van der Waals surface area contributed by atoms with Gasteiger partial charge in [0.05, 0.1) is 17.8 Å².